The molecule has 2 aromatic rings. The van der Waals surface area contributed by atoms with E-state index in [4.69, 9.17) is 12.2 Å². The van der Waals surface area contributed by atoms with E-state index >= 15 is 0 Å². The maximum Gasteiger partial charge on any atom is 0.416 e. The summed E-state index contributed by atoms with van der Waals surface area (Å²) in [6.07, 6.45) is -4.35. The van der Waals surface area contributed by atoms with Gasteiger partial charge in [0, 0.05) is 5.56 Å². The number of aromatic nitrogens is 2. The molecule has 0 aliphatic rings. The maximum atomic E-state index is 12.5. The second-order valence-electron chi connectivity index (χ2n) is 3.38. The van der Waals surface area contributed by atoms with Crippen molar-refractivity contribution in [3.8, 4) is 11.3 Å². The van der Waals surface area contributed by atoms with E-state index in [2.05, 4.69) is 10.2 Å². The molecule has 17 heavy (non-hydrogen) atoms. The molecule has 0 radical (unpaired) electrons. The number of alkyl halides is 3. The Balaban J connectivity index is 2.47. The van der Waals surface area contributed by atoms with Crippen LogP contribution in [0.25, 0.3) is 11.3 Å². The van der Waals surface area contributed by atoms with E-state index < -0.39 is 11.7 Å². The minimum absolute atomic E-state index is 0.395. The molecule has 1 aromatic carbocycles. The number of H-pyrrole nitrogens is 1. The van der Waals surface area contributed by atoms with Crippen LogP contribution in [0.3, 0.4) is 0 Å². The van der Waals surface area contributed by atoms with Gasteiger partial charge in [-0.1, -0.05) is 24.4 Å². The lowest BCUT2D eigenvalue weighted by Crippen LogP contribution is -2.04. The first-order valence-corrected chi connectivity index (χ1v) is 5.11. The van der Waals surface area contributed by atoms with Gasteiger partial charge in [-0.3, -0.25) is 5.10 Å². The minimum atomic E-state index is -4.35. The topological polar surface area (TPSA) is 28.7 Å². The number of benzene rings is 1. The van der Waals surface area contributed by atoms with Crippen molar-refractivity contribution < 1.29 is 13.2 Å². The number of hydrogen-bond donors (Lipinski definition) is 1. The zero-order valence-corrected chi connectivity index (χ0v) is 9.27. The van der Waals surface area contributed by atoms with Crippen molar-refractivity contribution in [1.29, 1.82) is 0 Å². The fourth-order valence-electron chi connectivity index (χ4n) is 1.36. The molecule has 0 fully saturated rings. The Morgan fingerprint density at radius 3 is 2.47 bits per heavy atom. The second kappa shape index (κ2) is 4.29. The zero-order chi connectivity index (χ0) is 12.5. The molecule has 2 nitrogen and oxygen atoms in total. The summed E-state index contributed by atoms with van der Waals surface area (Å²) in [5, 5.41) is 6.42. The van der Waals surface area contributed by atoms with Crippen molar-refractivity contribution >= 4 is 12.2 Å². The molecule has 0 saturated carbocycles. The zero-order valence-electron chi connectivity index (χ0n) is 8.45. The third kappa shape index (κ3) is 2.71. The molecular formula is C11H7F3N2S. The molecule has 0 atom stereocenters. The van der Waals surface area contributed by atoms with Crippen molar-refractivity contribution in [2.75, 3.05) is 0 Å². The van der Waals surface area contributed by atoms with E-state index in [0.717, 1.165) is 12.1 Å². The average molecular weight is 256 g/mol. The van der Waals surface area contributed by atoms with Crippen molar-refractivity contribution in [1.82, 2.24) is 10.2 Å². The summed E-state index contributed by atoms with van der Waals surface area (Å²) < 4.78 is 37.9. The average Bonchev–Trinajstić information content (AvgIpc) is 2.29. The number of nitrogens with one attached hydrogen (secondary N) is 1. The van der Waals surface area contributed by atoms with Crippen LogP contribution < -0.4 is 0 Å². The third-order valence-electron chi connectivity index (χ3n) is 2.16. The molecular weight excluding hydrogens is 249 g/mol. The Morgan fingerprint density at radius 2 is 1.88 bits per heavy atom. The molecule has 1 aromatic heterocycles. The summed E-state index contributed by atoms with van der Waals surface area (Å²) in [5.41, 5.74) is 0.120. The number of rotatable bonds is 1. The lowest BCUT2D eigenvalue weighted by Gasteiger charge is -2.08. The van der Waals surface area contributed by atoms with Crippen LogP contribution >= 0.6 is 12.2 Å². The molecule has 0 spiro atoms. The highest BCUT2D eigenvalue weighted by Gasteiger charge is 2.30. The van der Waals surface area contributed by atoms with Crippen molar-refractivity contribution in [2.24, 2.45) is 0 Å². The first-order chi connectivity index (χ1) is 7.97. The van der Waals surface area contributed by atoms with Gasteiger partial charge in [-0.05, 0) is 24.3 Å². The largest absolute Gasteiger partial charge is 0.416 e. The van der Waals surface area contributed by atoms with Gasteiger partial charge in [0.2, 0.25) is 0 Å². The van der Waals surface area contributed by atoms with Gasteiger partial charge >= 0.3 is 6.18 Å². The highest BCUT2D eigenvalue weighted by molar-refractivity contribution is 7.71. The van der Waals surface area contributed by atoms with E-state index in [1.54, 1.807) is 18.2 Å². The normalized spacial score (nSPS) is 11.5. The summed E-state index contributed by atoms with van der Waals surface area (Å²) >= 11 is 4.81. The third-order valence-corrected chi connectivity index (χ3v) is 2.39. The fraction of sp³-hybridized carbons (Fsp3) is 0.0909. The van der Waals surface area contributed by atoms with Crippen LogP contribution in [-0.4, -0.2) is 10.2 Å². The van der Waals surface area contributed by atoms with Gasteiger partial charge in [0.25, 0.3) is 0 Å². The van der Waals surface area contributed by atoms with Gasteiger partial charge in [0.05, 0.1) is 11.3 Å². The second-order valence-corrected chi connectivity index (χ2v) is 3.82. The summed E-state index contributed by atoms with van der Waals surface area (Å²) in [6, 6.07) is 8.15. The van der Waals surface area contributed by atoms with Gasteiger partial charge in [-0.2, -0.15) is 18.3 Å². The smallest absolute Gasteiger partial charge is 0.267 e. The van der Waals surface area contributed by atoms with E-state index in [-0.39, 0.29) is 0 Å². The van der Waals surface area contributed by atoms with Crippen LogP contribution in [0, 0.1) is 4.64 Å². The summed E-state index contributed by atoms with van der Waals surface area (Å²) in [7, 11) is 0. The number of aromatic amines is 1. The Bertz CT molecular complexity index is 569. The predicted octanol–water partition coefficient (Wildman–Crippen LogP) is 3.82. The maximum absolute atomic E-state index is 12.5. The number of hydrogen-bond acceptors (Lipinski definition) is 2. The van der Waals surface area contributed by atoms with E-state index in [0.29, 0.717) is 15.9 Å². The van der Waals surface area contributed by atoms with Gasteiger partial charge in [0.15, 0.2) is 0 Å². The summed E-state index contributed by atoms with van der Waals surface area (Å²) in [4.78, 5) is 0. The monoisotopic (exact) mass is 256 g/mol. The first kappa shape index (κ1) is 11.8. The molecule has 0 aliphatic heterocycles. The molecule has 0 saturated heterocycles. The summed E-state index contributed by atoms with van der Waals surface area (Å²) in [6.45, 7) is 0. The molecule has 0 unspecified atom stereocenters. The van der Waals surface area contributed by atoms with Gasteiger partial charge in [-0.15, -0.1) is 0 Å². The van der Waals surface area contributed by atoms with Crippen LogP contribution in [0.2, 0.25) is 0 Å². The molecule has 0 bridgehead atoms. The van der Waals surface area contributed by atoms with Gasteiger partial charge < -0.3 is 0 Å². The molecule has 6 heteroatoms. The molecule has 1 N–H and O–H groups in total. The summed E-state index contributed by atoms with van der Waals surface area (Å²) in [5.74, 6) is 0. The lowest BCUT2D eigenvalue weighted by atomic mass is 10.1. The Kier molecular flexibility index (Phi) is 2.97. The van der Waals surface area contributed by atoms with Crippen LogP contribution in [0.4, 0.5) is 13.2 Å². The van der Waals surface area contributed by atoms with E-state index in [9.17, 15) is 13.2 Å². The van der Waals surface area contributed by atoms with Gasteiger partial charge in [-0.25, -0.2) is 0 Å². The number of halogens is 3. The Morgan fingerprint density at radius 1 is 1.12 bits per heavy atom. The van der Waals surface area contributed by atoms with Crippen molar-refractivity contribution in [2.45, 2.75) is 6.18 Å². The van der Waals surface area contributed by atoms with Crippen molar-refractivity contribution in [3.63, 3.8) is 0 Å². The SMILES string of the molecule is FC(F)(F)c1cccc(-c2ccc(=S)[nH]n2)c1. The van der Waals surface area contributed by atoms with Crippen LogP contribution in [0.5, 0.6) is 0 Å². The standard InChI is InChI=1S/C11H7F3N2S/c12-11(13,14)8-3-1-2-7(6-8)9-4-5-10(17)16-15-9/h1-6H,(H,16,17). The van der Waals surface area contributed by atoms with E-state index in [1.807, 2.05) is 0 Å². The lowest BCUT2D eigenvalue weighted by molar-refractivity contribution is -0.137. The molecule has 88 valence electrons. The quantitative estimate of drug-likeness (QED) is 0.786. The van der Waals surface area contributed by atoms with E-state index in [1.165, 1.54) is 6.07 Å². The Hall–Kier alpha value is -1.69. The molecule has 1 heterocycles. The molecule has 0 amide bonds. The van der Waals surface area contributed by atoms with Crippen molar-refractivity contribution in [3.05, 3.63) is 46.6 Å². The fourth-order valence-corrected chi connectivity index (χ4v) is 1.47. The highest BCUT2D eigenvalue weighted by Crippen LogP contribution is 2.31. The number of nitrogens with zero attached hydrogens (tertiary/aromatic N) is 1. The molecule has 0 aliphatic carbocycles. The van der Waals surface area contributed by atoms with Gasteiger partial charge in [0.1, 0.15) is 4.64 Å². The highest BCUT2D eigenvalue weighted by atomic mass is 32.1. The first-order valence-electron chi connectivity index (χ1n) is 4.70. The molecule has 2 rings (SSSR count). The van der Waals surface area contributed by atoms with Crippen LogP contribution in [0.15, 0.2) is 36.4 Å². The predicted molar refractivity (Wildman–Crippen MR) is 59.9 cm³/mol. The van der Waals surface area contributed by atoms with Crippen LogP contribution in [-0.2, 0) is 6.18 Å². The Labute approximate surface area is 100 Å². The van der Waals surface area contributed by atoms with Crippen LogP contribution in [0.1, 0.15) is 5.56 Å². The minimum Gasteiger partial charge on any atom is -0.267 e.